The molecule has 0 radical (unpaired) electrons. The second-order valence-corrected chi connectivity index (χ2v) is 12.5. The van der Waals surface area contributed by atoms with Crippen molar-refractivity contribution in [3.63, 3.8) is 0 Å². The van der Waals surface area contributed by atoms with E-state index < -0.39 is 17.5 Å². The van der Waals surface area contributed by atoms with Crippen molar-refractivity contribution < 1.29 is 28.2 Å². The minimum atomic E-state index is -0.578. The SMILES string of the molecule is CC(C)N(C(=O)Oc1ccc(F)cc1)C1CN(C(=O)C2CCN(C(=O)OC(C)(C)C)CC2)C[C@H]1c1ccc(Cl)cc1. The van der Waals surface area contributed by atoms with E-state index in [2.05, 4.69) is 0 Å². The van der Waals surface area contributed by atoms with Crippen molar-refractivity contribution in [3.05, 3.63) is 64.9 Å². The van der Waals surface area contributed by atoms with Gasteiger partial charge in [0.25, 0.3) is 0 Å². The Morgan fingerprint density at radius 1 is 0.951 bits per heavy atom. The maximum Gasteiger partial charge on any atom is 0.415 e. The number of halogens is 2. The van der Waals surface area contributed by atoms with Gasteiger partial charge in [0, 0.05) is 49.1 Å². The Morgan fingerprint density at radius 3 is 2.12 bits per heavy atom. The van der Waals surface area contributed by atoms with Gasteiger partial charge in [0.15, 0.2) is 0 Å². The van der Waals surface area contributed by atoms with E-state index in [1.54, 1.807) is 21.9 Å². The summed E-state index contributed by atoms with van der Waals surface area (Å²) in [5, 5.41) is 0.601. The van der Waals surface area contributed by atoms with E-state index in [1.807, 2.05) is 51.7 Å². The summed E-state index contributed by atoms with van der Waals surface area (Å²) >= 11 is 6.16. The third kappa shape index (κ3) is 7.70. The van der Waals surface area contributed by atoms with Crippen molar-refractivity contribution in [2.24, 2.45) is 5.92 Å². The Kier molecular flexibility index (Phi) is 9.47. The van der Waals surface area contributed by atoms with Crippen molar-refractivity contribution >= 4 is 29.7 Å². The number of ether oxygens (including phenoxy) is 2. The molecular formula is C31H39ClFN3O5. The van der Waals surface area contributed by atoms with Crippen LogP contribution in [0.2, 0.25) is 5.02 Å². The van der Waals surface area contributed by atoms with Crippen LogP contribution >= 0.6 is 11.6 Å². The molecule has 2 aromatic carbocycles. The molecule has 2 heterocycles. The lowest BCUT2D eigenvalue weighted by molar-refractivity contribution is -0.136. The second kappa shape index (κ2) is 12.7. The summed E-state index contributed by atoms with van der Waals surface area (Å²) in [5.41, 5.74) is 0.389. The summed E-state index contributed by atoms with van der Waals surface area (Å²) in [4.78, 5) is 44.9. The van der Waals surface area contributed by atoms with Gasteiger partial charge in [-0.1, -0.05) is 23.7 Å². The number of amides is 3. The van der Waals surface area contributed by atoms with E-state index in [0.717, 1.165) is 5.56 Å². The van der Waals surface area contributed by atoms with Crippen LogP contribution < -0.4 is 4.74 Å². The number of rotatable bonds is 5. The molecule has 10 heteroatoms. The minimum absolute atomic E-state index is 0.0194. The fourth-order valence-corrected chi connectivity index (χ4v) is 5.69. The minimum Gasteiger partial charge on any atom is -0.444 e. The summed E-state index contributed by atoms with van der Waals surface area (Å²) in [5.74, 6) is -0.549. The number of carbonyl (C=O) groups excluding carboxylic acids is 3. The molecule has 0 spiro atoms. The van der Waals surface area contributed by atoms with E-state index >= 15 is 0 Å². The Morgan fingerprint density at radius 2 is 1.56 bits per heavy atom. The van der Waals surface area contributed by atoms with Gasteiger partial charge in [0.1, 0.15) is 17.2 Å². The highest BCUT2D eigenvalue weighted by molar-refractivity contribution is 6.30. The Bertz CT molecular complexity index is 1220. The third-order valence-corrected chi connectivity index (χ3v) is 7.79. The predicted octanol–water partition coefficient (Wildman–Crippen LogP) is 6.33. The molecule has 41 heavy (non-hydrogen) atoms. The molecule has 2 aliphatic heterocycles. The zero-order valence-corrected chi connectivity index (χ0v) is 25.1. The van der Waals surface area contributed by atoms with E-state index in [-0.39, 0.29) is 41.7 Å². The number of hydrogen-bond donors (Lipinski definition) is 0. The van der Waals surface area contributed by atoms with Gasteiger partial charge in [-0.2, -0.15) is 0 Å². The second-order valence-electron chi connectivity index (χ2n) is 12.0. The number of piperidine rings is 1. The van der Waals surface area contributed by atoms with Crippen LogP contribution in [-0.4, -0.2) is 76.7 Å². The molecule has 2 aliphatic rings. The Labute approximate surface area is 246 Å². The molecule has 0 bridgehead atoms. The van der Waals surface area contributed by atoms with Crippen LogP contribution in [0.3, 0.4) is 0 Å². The molecule has 2 saturated heterocycles. The Balaban J connectivity index is 1.51. The van der Waals surface area contributed by atoms with Crippen molar-refractivity contribution in [2.75, 3.05) is 26.2 Å². The first kappa shape index (κ1) is 30.6. The quantitative estimate of drug-likeness (QED) is 0.408. The summed E-state index contributed by atoms with van der Waals surface area (Å²) in [6, 6.07) is 12.2. The number of hydrogen-bond acceptors (Lipinski definition) is 5. The van der Waals surface area contributed by atoms with Crippen molar-refractivity contribution in [3.8, 4) is 5.75 Å². The fourth-order valence-electron chi connectivity index (χ4n) is 5.57. The van der Waals surface area contributed by atoms with Gasteiger partial charge >= 0.3 is 12.2 Å². The van der Waals surface area contributed by atoms with Crippen LogP contribution in [0.4, 0.5) is 14.0 Å². The standard InChI is InChI=1S/C31H39ClFN3O5/c1-20(2)36(30(39)40-25-12-10-24(33)11-13-25)27-19-35(18-26(27)21-6-8-23(32)9-7-21)28(37)22-14-16-34(17-15-22)29(38)41-31(3,4)5/h6-13,20,22,26-27H,14-19H2,1-5H3/t26-,27?/m0/s1. The van der Waals surface area contributed by atoms with E-state index in [4.69, 9.17) is 21.1 Å². The average molecular weight is 588 g/mol. The molecule has 0 aromatic heterocycles. The van der Waals surface area contributed by atoms with Crippen LogP contribution in [0.25, 0.3) is 0 Å². The average Bonchev–Trinajstić information content (AvgIpc) is 3.33. The molecule has 0 N–H and O–H groups in total. The highest BCUT2D eigenvalue weighted by atomic mass is 35.5. The number of nitrogens with zero attached hydrogens (tertiary/aromatic N) is 3. The molecule has 1 unspecified atom stereocenters. The van der Waals surface area contributed by atoms with Gasteiger partial charge in [-0.15, -0.1) is 0 Å². The van der Waals surface area contributed by atoms with Crippen molar-refractivity contribution in [2.45, 2.75) is 71.1 Å². The summed E-state index contributed by atoms with van der Waals surface area (Å²) in [7, 11) is 0. The van der Waals surface area contributed by atoms with Crippen molar-refractivity contribution in [1.82, 2.24) is 14.7 Å². The van der Waals surface area contributed by atoms with Crippen LogP contribution in [0.15, 0.2) is 48.5 Å². The molecule has 3 amide bonds. The molecule has 4 rings (SSSR count). The van der Waals surface area contributed by atoms with Crippen LogP contribution in [0.1, 0.15) is 58.9 Å². The van der Waals surface area contributed by atoms with Crippen LogP contribution in [0.5, 0.6) is 5.75 Å². The first-order valence-corrected chi connectivity index (χ1v) is 14.5. The molecule has 2 aromatic rings. The number of benzene rings is 2. The molecule has 8 nitrogen and oxygen atoms in total. The third-order valence-electron chi connectivity index (χ3n) is 7.54. The molecule has 2 fully saturated rings. The molecule has 2 atom stereocenters. The molecule has 222 valence electrons. The lowest BCUT2D eigenvalue weighted by Gasteiger charge is -2.35. The van der Waals surface area contributed by atoms with Gasteiger partial charge in [0.05, 0.1) is 6.04 Å². The van der Waals surface area contributed by atoms with Gasteiger partial charge in [-0.3, -0.25) is 9.69 Å². The van der Waals surface area contributed by atoms with E-state index in [0.29, 0.717) is 44.0 Å². The highest BCUT2D eigenvalue weighted by Gasteiger charge is 2.44. The molecule has 0 aliphatic carbocycles. The van der Waals surface area contributed by atoms with E-state index in [1.165, 1.54) is 24.3 Å². The number of likely N-dealkylation sites (tertiary alicyclic amines) is 2. The first-order chi connectivity index (χ1) is 19.3. The smallest absolute Gasteiger partial charge is 0.415 e. The Hall–Kier alpha value is -3.33. The summed E-state index contributed by atoms with van der Waals surface area (Å²) in [6.45, 7) is 11.0. The van der Waals surface area contributed by atoms with Gasteiger partial charge < -0.3 is 19.3 Å². The number of carbonyl (C=O) groups is 3. The van der Waals surface area contributed by atoms with Gasteiger partial charge in [-0.05, 0) is 89.4 Å². The molecular weight excluding hydrogens is 549 g/mol. The fraction of sp³-hybridized carbons (Fsp3) is 0.516. The largest absolute Gasteiger partial charge is 0.444 e. The van der Waals surface area contributed by atoms with Gasteiger partial charge in [-0.25, -0.2) is 14.0 Å². The van der Waals surface area contributed by atoms with Crippen LogP contribution in [0, 0.1) is 11.7 Å². The van der Waals surface area contributed by atoms with Crippen LogP contribution in [-0.2, 0) is 9.53 Å². The lowest BCUT2D eigenvalue weighted by atomic mass is 9.92. The van der Waals surface area contributed by atoms with E-state index in [9.17, 15) is 18.8 Å². The lowest BCUT2D eigenvalue weighted by Crippen LogP contribution is -2.50. The van der Waals surface area contributed by atoms with Gasteiger partial charge in [0.2, 0.25) is 5.91 Å². The zero-order chi connectivity index (χ0) is 29.9. The first-order valence-electron chi connectivity index (χ1n) is 14.1. The monoisotopic (exact) mass is 587 g/mol. The zero-order valence-electron chi connectivity index (χ0n) is 24.3. The maximum atomic E-state index is 13.8. The maximum absolute atomic E-state index is 13.8. The highest BCUT2D eigenvalue weighted by Crippen LogP contribution is 2.35. The normalized spacial score (nSPS) is 19.8. The van der Waals surface area contributed by atoms with Crippen molar-refractivity contribution in [1.29, 1.82) is 0 Å². The summed E-state index contributed by atoms with van der Waals surface area (Å²) < 4.78 is 24.5. The summed E-state index contributed by atoms with van der Waals surface area (Å²) in [6.07, 6.45) is 0.173. The topological polar surface area (TPSA) is 79.4 Å². The predicted molar refractivity (Wildman–Crippen MR) is 154 cm³/mol. The molecule has 0 saturated carbocycles.